The maximum Gasteiger partial charge on any atom is 0.0980 e. The molecule has 4 atom stereocenters. The molecule has 3 nitrogen and oxygen atoms in total. The molecule has 2 fully saturated rings. The molecule has 10 heavy (non-hydrogen) atoms. The molecule has 0 saturated carbocycles. The van der Waals surface area contributed by atoms with Crippen molar-refractivity contribution in [2.45, 2.75) is 6.10 Å². The zero-order chi connectivity index (χ0) is 7.14. The van der Waals surface area contributed by atoms with Crippen LogP contribution in [0.15, 0.2) is 0 Å². The monoisotopic (exact) mass is 178 g/mol. The van der Waals surface area contributed by atoms with E-state index in [-0.39, 0.29) is 0 Å². The van der Waals surface area contributed by atoms with Crippen molar-refractivity contribution in [1.82, 2.24) is 9.50 Å². The van der Waals surface area contributed by atoms with Crippen molar-refractivity contribution < 1.29 is 4.84 Å². The maximum absolute atomic E-state index is 5.50. The lowest BCUT2D eigenvalue weighted by molar-refractivity contribution is -0.0670. The van der Waals surface area contributed by atoms with Crippen molar-refractivity contribution in [2.75, 3.05) is 19.6 Å². The molecule has 0 amide bonds. The van der Waals surface area contributed by atoms with Crippen LogP contribution in [0.2, 0.25) is 0 Å². The van der Waals surface area contributed by atoms with Crippen LogP contribution in [-0.4, -0.2) is 35.2 Å². The van der Waals surface area contributed by atoms with Crippen molar-refractivity contribution >= 4 is 18.8 Å². The number of hydrogen-bond donors (Lipinski definition) is 0. The van der Waals surface area contributed by atoms with E-state index in [9.17, 15) is 0 Å². The summed E-state index contributed by atoms with van der Waals surface area (Å²) in [6.07, 6.45) is 0.440. The summed E-state index contributed by atoms with van der Waals surface area (Å²) in [4.78, 5) is 7.36. The van der Waals surface area contributed by atoms with E-state index in [4.69, 9.17) is 4.84 Å². The van der Waals surface area contributed by atoms with Gasteiger partial charge in [0.15, 0.2) is 0 Å². The minimum absolute atomic E-state index is 0.440. The van der Waals surface area contributed by atoms with Gasteiger partial charge in [0.05, 0.1) is 6.10 Å². The van der Waals surface area contributed by atoms with Crippen LogP contribution in [-0.2, 0) is 4.84 Å². The highest BCUT2D eigenvalue weighted by molar-refractivity contribution is 7.13. The van der Waals surface area contributed by atoms with Crippen molar-refractivity contribution in [1.29, 1.82) is 0 Å². The van der Waals surface area contributed by atoms with Gasteiger partial charge in [-0.05, 0) is 9.39 Å². The molecule has 0 bridgehead atoms. The van der Waals surface area contributed by atoms with E-state index in [2.05, 4.69) is 23.5 Å². The second-order valence-electron chi connectivity index (χ2n) is 2.96. The van der Waals surface area contributed by atoms with Gasteiger partial charge >= 0.3 is 0 Å². The Bertz CT molecular complexity index is 118. The van der Waals surface area contributed by atoms with Gasteiger partial charge in [-0.2, -0.15) is 4.83 Å². The second kappa shape index (κ2) is 2.66. The fraction of sp³-hybridized carbons (Fsp3) is 1.00. The molecule has 0 radical (unpaired) electrons. The van der Waals surface area contributed by atoms with Gasteiger partial charge in [0.25, 0.3) is 0 Å². The van der Waals surface area contributed by atoms with Gasteiger partial charge in [0, 0.05) is 25.6 Å². The molecular weight excluding hydrogens is 166 g/mol. The van der Waals surface area contributed by atoms with Crippen LogP contribution in [0.5, 0.6) is 0 Å². The fourth-order valence-corrected chi connectivity index (χ4v) is 2.52. The normalized spacial score (nSPS) is 42.6. The minimum Gasteiger partial charge on any atom is -0.291 e. The first-order valence-electron chi connectivity index (χ1n) is 3.44. The highest BCUT2D eigenvalue weighted by atomic mass is 31.0. The lowest BCUT2D eigenvalue weighted by atomic mass is 10.1. The highest BCUT2D eigenvalue weighted by Gasteiger charge is 2.38. The number of rotatable bonds is 0. The molecule has 0 N–H and O–H groups in total. The average Bonchev–Trinajstić information content (AvgIpc) is 2.21. The molecule has 58 valence electrons. The summed E-state index contributed by atoms with van der Waals surface area (Å²) in [5.41, 5.74) is 0. The summed E-state index contributed by atoms with van der Waals surface area (Å²) >= 11 is 0. The minimum atomic E-state index is 0.440. The Morgan fingerprint density at radius 1 is 1.20 bits per heavy atom. The SMILES string of the molecule is PN1C[C@H]2CN(P)O[C@H]2C1. The summed E-state index contributed by atoms with van der Waals surface area (Å²) in [5.74, 6) is 0.718. The molecule has 0 aliphatic carbocycles. The Balaban J connectivity index is 2.00. The third-order valence-electron chi connectivity index (χ3n) is 2.09. The number of nitrogens with zero attached hydrogens (tertiary/aromatic N) is 2. The first-order valence-corrected chi connectivity index (χ1v) is 4.47. The molecule has 2 heterocycles. The first kappa shape index (κ1) is 7.39. The lowest BCUT2D eigenvalue weighted by Crippen LogP contribution is -2.16. The van der Waals surface area contributed by atoms with Gasteiger partial charge in [0.1, 0.15) is 0 Å². The Morgan fingerprint density at radius 2 is 2.00 bits per heavy atom. The van der Waals surface area contributed by atoms with Gasteiger partial charge in [-0.25, -0.2) is 0 Å². The van der Waals surface area contributed by atoms with Gasteiger partial charge in [-0.15, -0.1) is 0 Å². The molecule has 2 aliphatic rings. The van der Waals surface area contributed by atoms with Crippen LogP contribution in [0.4, 0.5) is 0 Å². The third kappa shape index (κ3) is 1.22. The van der Waals surface area contributed by atoms with Crippen LogP contribution in [0.25, 0.3) is 0 Å². The molecule has 2 unspecified atom stereocenters. The maximum atomic E-state index is 5.50. The molecule has 2 aliphatic heterocycles. The van der Waals surface area contributed by atoms with Crippen LogP contribution in [0.1, 0.15) is 0 Å². The van der Waals surface area contributed by atoms with Crippen LogP contribution >= 0.6 is 18.8 Å². The summed E-state index contributed by atoms with van der Waals surface area (Å²) in [7, 11) is 5.30. The summed E-state index contributed by atoms with van der Waals surface area (Å²) < 4.78 is 2.24. The van der Waals surface area contributed by atoms with Crippen molar-refractivity contribution in [3.05, 3.63) is 0 Å². The average molecular weight is 178 g/mol. The molecule has 0 aromatic rings. The number of fused-ring (bicyclic) bond motifs is 1. The fourth-order valence-electron chi connectivity index (χ4n) is 1.62. The lowest BCUT2D eigenvalue weighted by Gasteiger charge is -2.12. The van der Waals surface area contributed by atoms with Gasteiger partial charge in [-0.3, -0.25) is 9.51 Å². The first-order chi connectivity index (χ1) is 4.75. The van der Waals surface area contributed by atoms with Crippen LogP contribution < -0.4 is 0 Å². The highest BCUT2D eigenvalue weighted by Crippen LogP contribution is 2.31. The van der Waals surface area contributed by atoms with E-state index in [1.807, 2.05) is 4.83 Å². The van der Waals surface area contributed by atoms with Crippen molar-refractivity contribution in [3.63, 3.8) is 0 Å². The third-order valence-corrected chi connectivity index (χ3v) is 2.85. The van der Waals surface area contributed by atoms with E-state index in [0.717, 1.165) is 25.6 Å². The van der Waals surface area contributed by atoms with Gasteiger partial charge < -0.3 is 0 Å². The van der Waals surface area contributed by atoms with E-state index >= 15 is 0 Å². The summed E-state index contributed by atoms with van der Waals surface area (Å²) in [6.45, 7) is 3.26. The Hall–Kier alpha value is 0.740. The topological polar surface area (TPSA) is 15.7 Å². The largest absolute Gasteiger partial charge is 0.291 e. The van der Waals surface area contributed by atoms with E-state index in [1.165, 1.54) is 0 Å². The molecule has 2 rings (SSSR count). The number of hydrogen-bond acceptors (Lipinski definition) is 3. The Kier molecular flexibility index (Phi) is 1.96. The quantitative estimate of drug-likeness (QED) is 0.490. The number of hydroxylamine groups is 1. The zero-order valence-electron chi connectivity index (χ0n) is 5.73. The molecule has 5 heteroatoms. The van der Waals surface area contributed by atoms with Crippen molar-refractivity contribution in [3.8, 4) is 0 Å². The zero-order valence-corrected chi connectivity index (χ0v) is 8.04. The van der Waals surface area contributed by atoms with E-state index < -0.39 is 0 Å². The van der Waals surface area contributed by atoms with Gasteiger partial charge in [-0.1, -0.05) is 9.39 Å². The molecular formula is C5H12N2OP2. The van der Waals surface area contributed by atoms with Crippen LogP contribution in [0, 0.1) is 5.92 Å². The van der Waals surface area contributed by atoms with E-state index in [1.54, 1.807) is 0 Å². The molecule has 0 spiro atoms. The van der Waals surface area contributed by atoms with Crippen molar-refractivity contribution in [2.24, 2.45) is 5.92 Å². The van der Waals surface area contributed by atoms with Gasteiger partial charge in [0.2, 0.25) is 0 Å². The molecule has 0 aromatic carbocycles. The Labute approximate surface area is 65.5 Å². The Morgan fingerprint density at radius 3 is 2.70 bits per heavy atom. The molecule has 0 aromatic heterocycles. The van der Waals surface area contributed by atoms with Crippen LogP contribution in [0.3, 0.4) is 0 Å². The predicted octanol–water partition coefficient (Wildman–Crippen LogP) is 0.114. The predicted molar refractivity (Wildman–Crippen MR) is 46.1 cm³/mol. The standard InChI is InChI=1S/C5H12N2OP2/c9-6-1-4-2-7(10)8-5(4)3-6/h4-5H,1-3,9-10H2/t4-,5-/m0/s1. The summed E-state index contributed by atoms with van der Waals surface area (Å²) in [6, 6.07) is 0. The molecule has 2 saturated heterocycles. The summed E-state index contributed by atoms with van der Waals surface area (Å²) in [5, 5.41) is 0. The second-order valence-corrected chi connectivity index (χ2v) is 4.26. The smallest absolute Gasteiger partial charge is 0.0980 e. The van der Waals surface area contributed by atoms with E-state index in [0.29, 0.717) is 6.10 Å².